The maximum atomic E-state index is 13.0. The van der Waals surface area contributed by atoms with Gasteiger partial charge in [0.2, 0.25) is 11.1 Å². The number of carbonyl (C=O) groups is 3. The van der Waals surface area contributed by atoms with Crippen molar-refractivity contribution in [3.63, 3.8) is 0 Å². The lowest BCUT2D eigenvalue weighted by atomic mass is 10.0. The molecule has 1 amide bonds. The number of aromatic nitrogens is 2. The maximum absolute atomic E-state index is 13.0. The fraction of sp³-hybridized carbons (Fsp3) is 0.409. The molecule has 8 nitrogen and oxygen atoms in total. The molecule has 1 aromatic heterocycles. The predicted octanol–water partition coefficient (Wildman–Crippen LogP) is 2.59. The normalized spacial score (nSPS) is 21.9. The molecule has 0 bridgehead atoms. The molecule has 0 radical (unpaired) electrons. The molecule has 162 valence electrons. The summed E-state index contributed by atoms with van der Waals surface area (Å²) in [5.41, 5.74) is 2.90. The Labute approximate surface area is 185 Å². The first kappa shape index (κ1) is 21.5. The van der Waals surface area contributed by atoms with Crippen molar-refractivity contribution in [1.29, 1.82) is 0 Å². The first-order valence-corrected chi connectivity index (χ1v) is 11.3. The Hall–Kier alpha value is -2.78. The molecule has 2 unspecified atom stereocenters. The van der Waals surface area contributed by atoms with Crippen LogP contribution in [-0.2, 0) is 9.59 Å². The molecule has 2 N–H and O–H groups in total. The highest BCUT2D eigenvalue weighted by Crippen LogP contribution is 2.27. The van der Waals surface area contributed by atoms with Crippen LogP contribution in [0.5, 0.6) is 0 Å². The number of aryl methyl sites for hydroxylation is 2. The van der Waals surface area contributed by atoms with Crippen LogP contribution in [0.2, 0.25) is 0 Å². The summed E-state index contributed by atoms with van der Waals surface area (Å²) in [6.45, 7) is 4.43. The summed E-state index contributed by atoms with van der Waals surface area (Å²) in [5, 5.41) is 6.05. The van der Waals surface area contributed by atoms with Crippen LogP contribution in [0, 0.1) is 13.8 Å². The lowest BCUT2D eigenvalue weighted by Crippen LogP contribution is -2.57. The standard InChI is InChI=1S/C22H25N5O3S/c1-13-10-14(2)24-22(23-13)25-16-7-5-6-15(11-16)20(29)26-18-8-3-4-9-27(18)19-17(28)12-31-21(19)30/h5-7,10-11,18-19H,3-4,8-9,12H2,1-2H3,(H,26,29)(H,23,24,25). The molecule has 0 saturated carbocycles. The van der Waals surface area contributed by atoms with E-state index in [1.54, 1.807) is 18.2 Å². The van der Waals surface area contributed by atoms with Crippen molar-refractivity contribution < 1.29 is 14.4 Å². The molecule has 9 heteroatoms. The molecule has 0 aliphatic carbocycles. The zero-order valence-corrected chi connectivity index (χ0v) is 18.4. The Balaban J connectivity index is 1.48. The van der Waals surface area contributed by atoms with Crippen LogP contribution in [0.3, 0.4) is 0 Å². The highest BCUT2D eigenvalue weighted by atomic mass is 32.2. The topological polar surface area (TPSA) is 104 Å². The molecule has 0 spiro atoms. The van der Waals surface area contributed by atoms with Gasteiger partial charge in [0.05, 0.1) is 11.9 Å². The Morgan fingerprint density at radius 2 is 1.90 bits per heavy atom. The molecule has 2 fully saturated rings. The average Bonchev–Trinajstić information content (AvgIpc) is 3.06. The average molecular weight is 440 g/mol. The van der Waals surface area contributed by atoms with Crippen LogP contribution in [0.15, 0.2) is 30.3 Å². The fourth-order valence-corrected chi connectivity index (χ4v) is 4.92. The van der Waals surface area contributed by atoms with E-state index in [2.05, 4.69) is 20.6 Å². The summed E-state index contributed by atoms with van der Waals surface area (Å²) < 4.78 is 0. The van der Waals surface area contributed by atoms with Crippen molar-refractivity contribution in [3.05, 3.63) is 47.3 Å². The van der Waals surface area contributed by atoms with E-state index in [4.69, 9.17) is 0 Å². The Morgan fingerprint density at radius 3 is 2.61 bits per heavy atom. The molecule has 2 saturated heterocycles. The highest BCUT2D eigenvalue weighted by Gasteiger charge is 2.42. The number of carbonyl (C=O) groups excluding carboxylic acids is 3. The molecule has 2 atom stereocenters. The van der Waals surface area contributed by atoms with Gasteiger partial charge >= 0.3 is 0 Å². The smallest absolute Gasteiger partial charge is 0.252 e. The molecule has 2 aromatic rings. The minimum atomic E-state index is -0.745. The van der Waals surface area contributed by atoms with E-state index in [1.807, 2.05) is 30.9 Å². The number of rotatable bonds is 5. The lowest BCUT2D eigenvalue weighted by Gasteiger charge is -2.38. The fourth-order valence-electron chi connectivity index (χ4n) is 4.05. The van der Waals surface area contributed by atoms with Crippen molar-refractivity contribution in [1.82, 2.24) is 20.2 Å². The van der Waals surface area contributed by atoms with Gasteiger partial charge in [-0.2, -0.15) is 0 Å². The molecule has 3 heterocycles. The van der Waals surface area contributed by atoms with Gasteiger partial charge in [-0.1, -0.05) is 17.8 Å². The van der Waals surface area contributed by atoms with Crippen LogP contribution in [0.25, 0.3) is 0 Å². The van der Waals surface area contributed by atoms with E-state index in [-0.39, 0.29) is 28.7 Å². The van der Waals surface area contributed by atoms with E-state index in [9.17, 15) is 14.4 Å². The molecule has 2 aliphatic rings. The number of nitrogens with one attached hydrogen (secondary N) is 2. The number of benzene rings is 1. The van der Waals surface area contributed by atoms with Gasteiger partial charge in [-0.25, -0.2) is 9.97 Å². The van der Waals surface area contributed by atoms with Gasteiger partial charge in [0.25, 0.3) is 5.91 Å². The van der Waals surface area contributed by atoms with Crippen molar-refractivity contribution in [2.45, 2.75) is 45.3 Å². The number of anilines is 2. The van der Waals surface area contributed by atoms with Gasteiger partial charge < -0.3 is 10.6 Å². The summed E-state index contributed by atoms with van der Waals surface area (Å²) in [4.78, 5) is 48.0. The number of hydrogen-bond donors (Lipinski definition) is 2. The van der Waals surface area contributed by atoms with E-state index in [1.165, 1.54) is 0 Å². The van der Waals surface area contributed by atoms with E-state index >= 15 is 0 Å². The van der Waals surface area contributed by atoms with E-state index < -0.39 is 6.04 Å². The summed E-state index contributed by atoms with van der Waals surface area (Å²) in [6.07, 6.45) is 2.22. The zero-order chi connectivity index (χ0) is 22.0. The van der Waals surface area contributed by atoms with Crippen LogP contribution >= 0.6 is 11.8 Å². The molecular weight excluding hydrogens is 414 g/mol. The summed E-state index contributed by atoms with van der Waals surface area (Å²) in [6, 6.07) is 8.26. The van der Waals surface area contributed by atoms with E-state index in [0.717, 1.165) is 36.0 Å². The van der Waals surface area contributed by atoms with Crippen LogP contribution in [-0.4, -0.2) is 56.2 Å². The predicted molar refractivity (Wildman–Crippen MR) is 119 cm³/mol. The number of thioether (sulfide) groups is 1. The second kappa shape index (κ2) is 9.15. The largest absolute Gasteiger partial charge is 0.336 e. The maximum Gasteiger partial charge on any atom is 0.252 e. The number of Topliss-reactive ketones (excluding diaryl/α,β-unsaturated/α-hetero) is 1. The number of hydrogen-bond acceptors (Lipinski definition) is 8. The third-order valence-electron chi connectivity index (χ3n) is 5.42. The third-order valence-corrected chi connectivity index (χ3v) is 6.36. The van der Waals surface area contributed by atoms with Crippen molar-refractivity contribution in [2.75, 3.05) is 17.6 Å². The molecule has 2 aliphatic heterocycles. The number of amides is 1. The zero-order valence-electron chi connectivity index (χ0n) is 17.6. The second-order valence-electron chi connectivity index (χ2n) is 7.88. The summed E-state index contributed by atoms with van der Waals surface area (Å²) in [7, 11) is 0. The van der Waals surface area contributed by atoms with E-state index in [0.29, 0.717) is 30.2 Å². The van der Waals surface area contributed by atoms with Gasteiger partial charge in [-0.3, -0.25) is 19.3 Å². The highest BCUT2D eigenvalue weighted by molar-refractivity contribution is 8.15. The molecular formula is C22H25N5O3S. The van der Waals surface area contributed by atoms with Crippen molar-refractivity contribution in [3.8, 4) is 0 Å². The number of ketones is 1. The number of piperidine rings is 1. The Kier molecular flexibility index (Phi) is 6.33. The minimum absolute atomic E-state index is 0.0733. The summed E-state index contributed by atoms with van der Waals surface area (Å²) in [5.74, 6) is 0.377. The summed E-state index contributed by atoms with van der Waals surface area (Å²) >= 11 is 1.07. The third kappa shape index (κ3) is 4.94. The SMILES string of the molecule is Cc1cc(C)nc(Nc2cccc(C(=O)NC3CCCCN3C3C(=O)CSC3=O)c2)n1. The Morgan fingerprint density at radius 1 is 1.13 bits per heavy atom. The minimum Gasteiger partial charge on any atom is -0.336 e. The lowest BCUT2D eigenvalue weighted by molar-refractivity contribution is -0.129. The quantitative estimate of drug-likeness (QED) is 0.685. The van der Waals surface area contributed by atoms with Crippen LogP contribution in [0.1, 0.15) is 41.0 Å². The second-order valence-corrected chi connectivity index (χ2v) is 8.86. The van der Waals surface area contributed by atoms with Gasteiger partial charge in [-0.05, 0) is 57.4 Å². The molecule has 4 rings (SSSR count). The van der Waals surface area contributed by atoms with Crippen LogP contribution in [0.4, 0.5) is 11.6 Å². The first-order chi connectivity index (χ1) is 14.9. The number of likely N-dealkylation sites (tertiary alicyclic amines) is 1. The monoisotopic (exact) mass is 439 g/mol. The molecule has 1 aromatic carbocycles. The van der Waals surface area contributed by atoms with Gasteiger partial charge in [0, 0.05) is 29.2 Å². The van der Waals surface area contributed by atoms with Gasteiger partial charge in [-0.15, -0.1) is 0 Å². The molecule has 31 heavy (non-hydrogen) atoms. The van der Waals surface area contributed by atoms with Crippen molar-refractivity contribution >= 4 is 40.2 Å². The van der Waals surface area contributed by atoms with Crippen LogP contribution < -0.4 is 10.6 Å². The number of nitrogens with zero attached hydrogens (tertiary/aromatic N) is 3. The first-order valence-electron chi connectivity index (χ1n) is 10.4. The van der Waals surface area contributed by atoms with Gasteiger partial charge in [0.15, 0.2) is 5.78 Å². The van der Waals surface area contributed by atoms with Gasteiger partial charge in [0.1, 0.15) is 6.04 Å². The van der Waals surface area contributed by atoms with Crippen molar-refractivity contribution in [2.24, 2.45) is 0 Å². The Bertz CT molecular complexity index is 992.